The second-order valence-electron chi connectivity index (χ2n) is 6.01. The number of para-hydroxylation sites is 1. The monoisotopic (exact) mass is 388 g/mol. The van der Waals surface area contributed by atoms with Crippen LogP contribution in [0.5, 0.6) is 0 Å². The summed E-state index contributed by atoms with van der Waals surface area (Å²) in [6, 6.07) is 15.0. The van der Waals surface area contributed by atoms with Crippen LogP contribution in [0, 0.1) is 11.3 Å². The van der Waals surface area contributed by atoms with Gasteiger partial charge in [0.15, 0.2) is 0 Å². The van der Waals surface area contributed by atoms with Crippen LogP contribution in [-0.4, -0.2) is 24.9 Å². The normalized spacial score (nSPS) is 12.7. The lowest BCUT2D eigenvalue weighted by Crippen LogP contribution is -2.09. The van der Waals surface area contributed by atoms with Gasteiger partial charge in [0.25, 0.3) is 0 Å². The first-order valence-electron chi connectivity index (χ1n) is 7.96. The zero-order chi connectivity index (χ0) is 18.7. The Morgan fingerprint density at radius 2 is 2.00 bits per heavy atom. The van der Waals surface area contributed by atoms with Gasteiger partial charge in [-0.3, -0.25) is 9.82 Å². The number of rotatable bonds is 6. The molecule has 6 nitrogen and oxygen atoms in total. The summed E-state index contributed by atoms with van der Waals surface area (Å²) < 4.78 is 25.7. The molecule has 2 N–H and O–H groups in total. The van der Waals surface area contributed by atoms with E-state index in [1.807, 2.05) is 30.3 Å². The van der Waals surface area contributed by atoms with Crippen LogP contribution in [0.15, 0.2) is 42.5 Å². The smallest absolute Gasteiger partial charge is 0.229 e. The molecule has 3 rings (SSSR count). The fraction of sp³-hybridized carbons (Fsp3) is 0.222. The van der Waals surface area contributed by atoms with Crippen LogP contribution in [0.4, 0.5) is 5.69 Å². The van der Waals surface area contributed by atoms with Crippen LogP contribution < -0.4 is 4.72 Å². The number of hydrogen-bond acceptors (Lipinski definition) is 4. The first-order chi connectivity index (χ1) is 12.4. The van der Waals surface area contributed by atoms with E-state index in [1.54, 1.807) is 12.1 Å². The van der Waals surface area contributed by atoms with Crippen molar-refractivity contribution in [2.45, 2.75) is 18.8 Å². The third kappa shape index (κ3) is 3.98. The Morgan fingerprint density at radius 3 is 2.65 bits per heavy atom. The molecule has 3 aromatic rings. The molecular formula is C18H17ClN4O2S. The number of hydrogen-bond donors (Lipinski definition) is 2. The highest BCUT2D eigenvalue weighted by molar-refractivity contribution is 7.92. The number of halogens is 1. The highest BCUT2D eigenvalue weighted by atomic mass is 35.5. The van der Waals surface area contributed by atoms with Crippen molar-refractivity contribution >= 4 is 38.2 Å². The third-order valence-corrected chi connectivity index (χ3v) is 4.92. The molecule has 0 saturated carbocycles. The first-order valence-corrected chi connectivity index (χ1v) is 10.2. The van der Waals surface area contributed by atoms with Gasteiger partial charge in [-0.2, -0.15) is 10.4 Å². The number of benzene rings is 2. The molecule has 1 unspecified atom stereocenters. The molecule has 0 bridgehead atoms. The van der Waals surface area contributed by atoms with Crippen LogP contribution in [0.1, 0.15) is 30.0 Å². The molecule has 26 heavy (non-hydrogen) atoms. The highest BCUT2D eigenvalue weighted by Gasteiger charge is 2.21. The standard InChI is InChI=1S/C18H17ClN4O2S/c1-26(24,25)23-16-6-2-4-15-17(21-22-18(15)16)14(5-3-11-20)12-7-9-13(19)10-8-12/h2,4,6-10,14,23H,3,5H2,1H3,(H,21,22). The van der Waals surface area contributed by atoms with Crippen LogP contribution in [0.2, 0.25) is 5.02 Å². The van der Waals surface area contributed by atoms with E-state index < -0.39 is 10.0 Å². The van der Waals surface area contributed by atoms with E-state index in [-0.39, 0.29) is 5.92 Å². The fourth-order valence-electron chi connectivity index (χ4n) is 2.99. The number of H-pyrrole nitrogens is 1. The SMILES string of the molecule is CS(=O)(=O)Nc1cccc2c(C(CCC#N)c3ccc(Cl)cc3)[nH]nc12. The van der Waals surface area contributed by atoms with E-state index in [0.29, 0.717) is 29.1 Å². The van der Waals surface area contributed by atoms with Crippen molar-refractivity contribution in [3.05, 3.63) is 58.7 Å². The minimum Gasteiger partial charge on any atom is -0.281 e. The minimum atomic E-state index is -3.41. The minimum absolute atomic E-state index is 0.0783. The topological polar surface area (TPSA) is 98.6 Å². The van der Waals surface area contributed by atoms with Gasteiger partial charge < -0.3 is 0 Å². The molecule has 0 fully saturated rings. The van der Waals surface area contributed by atoms with Gasteiger partial charge in [-0.15, -0.1) is 0 Å². The Kier molecular flexibility index (Phi) is 5.16. The molecule has 2 aromatic carbocycles. The van der Waals surface area contributed by atoms with Gasteiger partial charge in [-0.1, -0.05) is 35.9 Å². The van der Waals surface area contributed by atoms with Gasteiger partial charge in [0.1, 0.15) is 5.52 Å². The average molecular weight is 389 g/mol. The molecule has 1 atom stereocenters. The van der Waals surface area contributed by atoms with Gasteiger partial charge in [0.05, 0.1) is 23.7 Å². The number of fused-ring (bicyclic) bond motifs is 1. The van der Waals surface area contributed by atoms with E-state index in [4.69, 9.17) is 16.9 Å². The van der Waals surface area contributed by atoms with Gasteiger partial charge in [0.2, 0.25) is 10.0 Å². The molecule has 0 aliphatic rings. The molecule has 0 aliphatic heterocycles. The zero-order valence-corrected chi connectivity index (χ0v) is 15.6. The van der Waals surface area contributed by atoms with E-state index in [1.165, 1.54) is 0 Å². The summed E-state index contributed by atoms with van der Waals surface area (Å²) in [6.07, 6.45) is 2.09. The number of aromatic nitrogens is 2. The lowest BCUT2D eigenvalue weighted by atomic mass is 9.89. The molecule has 1 heterocycles. The molecule has 8 heteroatoms. The summed E-state index contributed by atoms with van der Waals surface area (Å²) in [5, 5.41) is 17.8. The summed E-state index contributed by atoms with van der Waals surface area (Å²) in [5.41, 5.74) is 2.82. The van der Waals surface area contributed by atoms with Crippen LogP contribution in [0.3, 0.4) is 0 Å². The van der Waals surface area contributed by atoms with Crippen molar-refractivity contribution in [1.29, 1.82) is 5.26 Å². The van der Waals surface area contributed by atoms with Crippen LogP contribution in [-0.2, 0) is 10.0 Å². The Morgan fingerprint density at radius 1 is 1.27 bits per heavy atom. The number of anilines is 1. The van der Waals surface area contributed by atoms with Crippen molar-refractivity contribution < 1.29 is 8.42 Å². The van der Waals surface area contributed by atoms with E-state index in [0.717, 1.165) is 22.9 Å². The summed E-state index contributed by atoms with van der Waals surface area (Å²) in [5.74, 6) is -0.0783. The quantitative estimate of drug-likeness (QED) is 0.666. The zero-order valence-electron chi connectivity index (χ0n) is 14.0. The van der Waals surface area contributed by atoms with Gasteiger partial charge in [0, 0.05) is 22.7 Å². The number of nitrogens with one attached hydrogen (secondary N) is 2. The van der Waals surface area contributed by atoms with Crippen LogP contribution >= 0.6 is 11.6 Å². The highest BCUT2D eigenvalue weighted by Crippen LogP contribution is 2.35. The number of sulfonamides is 1. The van der Waals surface area contributed by atoms with Crippen molar-refractivity contribution in [2.75, 3.05) is 11.0 Å². The number of aromatic amines is 1. The Bertz CT molecular complexity index is 1070. The van der Waals surface area contributed by atoms with Crippen molar-refractivity contribution in [3.8, 4) is 6.07 Å². The Hall–Kier alpha value is -2.56. The van der Waals surface area contributed by atoms with E-state index in [9.17, 15) is 8.42 Å². The lowest BCUT2D eigenvalue weighted by Gasteiger charge is -2.15. The maximum atomic E-state index is 11.6. The third-order valence-electron chi connectivity index (χ3n) is 4.08. The second kappa shape index (κ2) is 7.36. The molecule has 0 amide bonds. The largest absolute Gasteiger partial charge is 0.281 e. The average Bonchev–Trinajstić information content (AvgIpc) is 3.01. The molecule has 0 saturated heterocycles. The van der Waals surface area contributed by atoms with E-state index in [2.05, 4.69) is 21.0 Å². The second-order valence-corrected chi connectivity index (χ2v) is 8.20. The molecule has 134 valence electrons. The summed E-state index contributed by atoms with van der Waals surface area (Å²) in [6.45, 7) is 0. The molecule has 0 radical (unpaired) electrons. The molecule has 0 aliphatic carbocycles. The van der Waals surface area contributed by atoms with Crippen molar-refractivity contribution in [3.63, 3.8) is 0 Å². The first kappa shape index (κ1) is 18.2. The lowest BCUT2D eigenvalue weighted by molar-refractivity contribution is 0.607. The van der Waals surface area contributed by atoms with Crippen molar-refractivity contribution in [1.82, 2.24) is 10.2 Å². The molecule has 0 spiro atoms. The van der Waals surface area contributed by atoms with Gasteiger partial charge in [-0.25, -0.2) is 8.42 Å². The Labute approximate surface area is 156 Å². The number of nitrogens with zero attached hydrogens (tertiary/aromatic N) is 2. The van der Waals surface area contributed by atoms with Gasteiger partial charge >= 0.3 is 0 Å². The predicted molar refractivity (Wildman–Crippen MR) is 103 cm³/mol. The maximum Gasteiger partial charge on any atom is 0.229 e. The van der Waals surface area contributed by atoms with Crippen molar-refractivity contribution in [2.24, 2.45) is 0 Å². The Balaban J connectivity index is 2.10. The fourth-order valence-corrected chi connectivity index (χ4v) is 3.68. The summed E-state index contributed by atoms with van der Waals surface area (Å²) >= 11 is 5.99. The summed E-state index contributed by atoms with van der Waals surface area (Å²) in [4.78, 5) is 0. The summed E-state index contributed by atoms with van der Waals surface area (Å²) in [7, 11) is -3.41. The molecule has 1 aromatic heterocycles. The van der Waals surface area contributed by atoms with E-state index >= 15 is 0 Å². The van der Waals surface area contributed by atoms with Gasteiger partial charge in [-0.05, 0) is 30.2 Å². The maximum absolute atomic E-state index is 11.6. The number of nitriles is 1. The van der Waals surface area contributed by atoms with Crippen LogP contribution in [0.25, 0.3) is 10.9 Å². The predicted octanol–water partition coefficient (Wildman–Crippen LogP) is 4.02. The molecular weight excluding hydrogens is 372 g/mol.